The predicted octanol–water partition coefficient (Wildman–Crippen LogP) is 3.52. The lowest BCUT2D eigenvalue weighted by Gasteiger charge is -2.43. The highest BCUT2D eigenvalue weighted by molar-refractivity contribution is 5.51. The minimum Gasteiger partial charge on any atom is -0.371 e. The van der Waals surface area contributed by atoms with Crippen LogP contribution >= 0.6 is 0 Å². The molecule has 2 aromatic rings. The molecule has 0 spiro atoms. The van der Waals surface area contributed by atoms with E-state index in [0.717, 1.165) is 63.5 Å². The Bertz CT molecular complexity index is 796. The molecule has 0 amide bonds. The maximum atomic E-state index is 13.1. The number of piperazine rings is 1. The minimum atomic E-state index is -0.360. The number of piperidine rings is 1. The van der Waals surface area contributed by atoms with Crippen molar-refractivity contribution in [1.82, 2.24) is 4.90 Å². The topological polar surface area (TPSA) is 52.9 Å². The molecule has 148 valence electrons. The summed E-state index contributed by atoms with van der Waals surface area (Å²) in [6.45, 7) is 5.93. The summed E-state index contributed by atoms with van der Waals surface area (Å²) in [5, 5.41) is 10.8. The monoisotopic (exact) mass is 384 g/mol. The molecule has 0 N–H and O–H groups in total. The largest absolute Gasteiger partial charge is 0.371 e. The summed E-state index contributed by atoms with van der Waals surface area (Å²) in [5.74, 6) is -0.192. The number of rotatable bonds is 4. The molecule has 0 radical (unpaired) electrons. The van der Waals surface area contributed by atoms with Crippen LogP contribution in [0.25, 0.3) is 0 Å². The van der Waals surface area contributed by atoms with Crippen molar-refractivity contribution >= 4 is 17.1 Å². The predicted molar refractivity (Wildman–Crippen MR) is 109 cm³/mol. The van der Waals surface area contributed by atoms with Gasteiger partial charge in [0.25, 0.3) is 5.69 Å². The quantitative estimate of drug-likeness (QED) is 0.596. The molecule has 0 aliphatic carbocycles. The Balaban J connectivity index is 1.27. The highest BCUT2D eigenvalue weighted by Crippen LogP contribution is 2.26. The van der Waals surface area contributed by atoms with Gasteiger partial charge in [-0.15, -0.1) is 0 Å². The summed E-state index contributed by atoms with van der Waals surface area (Å²) in [6, 6.07) is 14.2. The number of hydrogen-bond donors (Lipinski definition) is 0. The lowest BCUT2D eigenvalue weighted by molar-refractivity contribution is -0.384. The van der Waals surface area contributed by atoms with Gasteiger partial charge in [0.15, 0.2) is 0 Å². The molecule has 7 heteroatoms. The van der Waals surface area contributed by atoms with Gasteiger partial charge in [-0.3, -0.25) is 15.0 Å². The lowest BCUT2D eigenvalue weighted by Crippen LogP contribution is -2.53. The van der Waals surface area contributed by atoms with Crippen LogP contribution in [-0.4, -0.2) is 55.1 Å². The highest BCUT2D eigenvalue weighted by atomic mass is 19.1. The molecule has 2 aliphatic heterocycles. The number of non-ortho nitro benzene ring substituents is 1. The van der Waals surface area contributed by atoms with Gasteiger partial charge in [-0.1, -0.05) is 0 Å². The highest BCUT2D eigenvalue weighted by Gasteiger charge is 2.27. The maximum absolute atomic E-state index is 13.1. The molecule has 0 saturated carbocycles. The first-order valence-electron chi connectivity index (χ1n) is 9.84. The van der Waals surface area contributed by atoms with Crippen LogP contribution < -0.4 is 9.80 Å². The number of benzene rings is 2. The third kappa shape index (κ3) is 4.09. The maximum Gasteiger partial charge on any atom is 0.269 e. The molecule has 6 nitrogen and oxygen atoms in total. The second kappa shape index (κ2) is 8.14. The van der Waals surface area contributed by atoms with Gasteiger partial charge in [0.1, 0.15) is 5.82 Å². The molecular formula is C21H25FN4O2. The van der Waals surface area contributed by atoms with Crippen LogP contribution in [0.5, 0.6) is 0 Å². The zero-order valence-corrected chi connectivity index (χ0v) is 15.8. The van der Waals surface area contributed by atoms with E-state index in [1.165, 1.54) is 12.1 Å². The summed E-state index contributed by atoms with van der Waals surface area (Å²) >= 11 is 0. The average Bonchev–Trinajstić information content (AvgIpc) is 2.75. The van der Waals surface area contributed by atoms with E-state index in [-0.39, 0.29) is 16.4 Å². The average molecular weight is 384 g/mol. The third-order valence-corrected chi connectivity index (χ3v) is 5.91. The Hall–Kier alpha value is -2.67. The normalized spacial score (nSPS) is 19.0. The van der Waals surface area contributed by atoms with E-state index in [9.17, 15) is 14.5 Å². The van der Waals surface area contributed by atoms with Crippen molar-refractivity contribution in [2.45, 2.75) is 18.9 Å². The van der Waals surface area contributed by atoms with E-state index in [2.05, 4.69) is 14.7 Å². The summed E-state index contributed by atoms with van der Waals surface area (Å²) < 4.78 is 13.1. The lowest BCUT2D eigenvalue weighted by atomic mass is 10.0. The van der Waals surface area contributed by atoms with E-state index in [4.69, 9.17) is 0 Å². The second-order valence-electron chi connectivity index (χ2n) is 7.49. The zero-order chi connectivity index (χ0) is 19.5. The molecule has 0 unspecified atom stereocenters. The van der Waals surface area contributed by atoms with Crippen molar-refractivity contribution in [2.24, 2.45) is 0 Å². The molecule has 2 saturated heterocycles. The number of hydrogen-bond acceptors (Lipinski definition) is 5. The van der Waals surface area contributed by atoms with Gasteiger partial charge in [0, 0.05) is 68.8 Å². The number of anilines is 2. The van der Waals surface area contributed by atoms with E-state index in [0.29, 0.717) is 6.04 Å². The summed E-state index contributed by atoms with van der Waals surface area (Å²) in [4.78, 5) is 17.7. The first-order valence-corrected chi connectivity index (χ1v) is 9.84. The van der Waals surface area contributed by atoms with Crippen molar-refractivity contribution in [2.75, 3.05) is 49.1 Å². The number of halogens is 1. The number of nitrogens with zero attached hydrogens (tertiary/aromatic N) is 4. The van der Waals surface area contributed by atoms with E-state index in [1.54, 1.807) is 12.1 Å². The van der Waals surface area contributed by atoms with Crippen LogP contribution in [0.4, 0.5) is 21.5 Å². The van der Waals surface area contributed by atoms with Gasteiger partial charge in [-0.25, -0.2) is 4.39 Å². The van der Waals surface area contributed by atoms with Gasteiger partial charge in [-0.05, 0) is 49.2 Å². The van der Waals surface area contributed by atoms with Gasteiger partial charge in [0.05, 0.1) is 4.92 Å². The second-order valence-corrected chi connectivity index (χ2v) is 7.49. The van der Waals surface area contributed by atoms with Gasteiger partial charge >= 0.3 is 0 Å². The number of nitro groups is 1. The molecule has 2 heterocycles. The Labute approximate surface area is 164 Å². The van der Waals surface area contributed by atoms with E-state index < -0.39 is 0 Å². The molecule has 2 aliphatic rings. The fraction of sp³-hybridized carbons (Fsp3) is 0.429. The van der Waals surface area contributed by atoms with Crippen LogP contribution in [0, 0.1) is 15.9 Å². The standard InChI is InChI=1S/C21H25FN4O2/c22-17-1-3-18(4-2-17)24-13-15-25(16-14-24)20-9-11-23(12-10-20)19-5-7-21(8-6-19)26(27)28/h1-8,20H,9-16H2. The molecule has 2 aromatic carbocycles. The first kappa shape index (κ1) is 18.7. The zero-order valence-electron chi connectivity index (χ0n) is 15.8. The van der Waals surface area contributed by atoms with Gasteiger partial charge < -0.3 is 9.80 Å². The first-order chi connectivity index (χ1) is 13.6. The Morgan fingerprint density at radius 1 is 0.786 bits per heavy atom. The van der Waals surface area contributed by atoms with Crippen LogP contribution in [-0.2, 0) is 0 Å². The van der Waals surface area contributed by atoms with Crippen molar-refractivity contribution in [1.29, 1.82) is 0 Å². The molecule has 4 rings (SSSR count). The fourth-order valence-corrected chi connectivity index (χ4v) is 4.27. The van der Waals surface area contributed by atoms with Crippen LogP contribution in [0.1, 0.15) is 12.8 Å². The Morgan fingerprint density at radius 2 is 1.29 bits per heavy atom. The third-order valence-electron chi connectivity index (χ3n) is 5.91. The fourth-order valence-electron chi connectivity index (χ4n) is 4.27. The Kier molecular flexibility index (Phi) is 5.43. The number of nitro benzene ring substituents is 1. The molecule has 0 atom stereocenters. The molecular weight excluding hydrogens is 359 g/mol. The summed E-state index contributed by atoms with van der Waals surface area (Å²) in [7, 11) is 0. The Morgan fingerprint density at radius 3 is 1.82 bits per heavy atom. The van der Waals surface area contributed by atoms with E-state index in [1.807, 2.05) is 24.3 Å². The summed E-state index contributed by atoms with van der Waals surface area (Å²) in [6.07, 6.45) is 2.21. The van der Waals surface area contributed by atoms with Crippen LogP contribution in [0.3, 0.4) is 0 Å². The van der Waals surface area contributed by atoms with Crippen LogP contribution in [0.15, 0.2) is 48.5 Å². The van der Waals surface area contributed by atoms with Gasteiger partial charge in [0.2, 0.25) is 0 Å². The molecule has 0 bridgehead atoms. The van der Waals surface area contributed by atoms with Crippen molar-refractivity contribution in [3.8, 4) is 0 Å². The molecule has 0 aromatic heterocycles. The van der Waals surface area contributed by atoms with Crippen LogP contribution in [0.2, 0.25) is 0 Å². The molecule has 28 heavy (non-hydrogen) atoms. The SMILES string of the molecule is O=[N+]([O-])c1ccc(N2CCC(N3CCN(c4ccc(F)cc4)CC3)CC2)cc1. The smallest absolute Gasteiger partial charge is 0.269 e. The molecule has 2 fully saturated rings. The summed E-state index contributed by atoms with van der Waals surface area (Å²) in [5.41, 5.74) is 2.29. The van der Waals surface area contributed by atoms with Crippen molar-refractivity contribution < 1.29 is 9.31 Å². The minimum absolute atomic E-state index is 0.137. The van der Waals surface area contributed by atoms with Gasteiger partial charge in [-0.2, -0.15) is 0 Å². The van der Waals surface area contributed by atoms with Crippen molar-refractivity contribution in [3.05, 3.63) is 64.5 Å². The van der Waals surface area contributed by atoms with Crippen molar-refractivity contribution in [3.63, 3.8) is 0 Å². The van der Waals surface area contributed by atoms with E-state index >= 15 is 0 Å².